The number of hydrogen-bond acceptors (Lipinski definition) is 12. The van der Waals surface area contributed by atoms with Gasteiger partial charge in [-0.1, -0.05) is 12.0 Å². The number of likely N-dealkylation sites (tertiary alicyclic amines) is 1. The standard InChI is InChI=1S/C56H61F2N9O5/c1-2-40-44(57)8-5-34-24-39(68)25-42(47(34)40)49-48(58)50-43(26-59-49)51(66-28-36-21-32-3-4-33(32)22-37(29-66)60-36)63-54(62-50)72-31-56(11-12-56)30-64-17-13-55(14-18-64)15-19-65(20-16-55)38-6-7-41-35(23-38)27-67(53(41)71)45-9-10-46(69)61-52(45)70/h1,5-8,23-26,32-33,36-37,42,45,47,60,68H,3-4,9-22,27-31H2,(H,61,69,70). The number of piperazine rings is 1. The maximum absolute atomic E-state index is 17.4. The summed E-state index contributed by atoms with van der Waals surface area (Å²) in [5, 5.41) is 17.6. The molecule has 7 atom stereocenters. The number of hydrogen-bond donors (Lipinski definition) is 3. The number of halogens is 2. The van der Waals surface area contributed by atoms with Gasteiger partial charge in [-0.2, -0.15) is 9.97 Å². The number of carbonyl (C=O) groups excluding carboxylic acids is 3. The normalized spacial score (nSPS) is 30.4. The molecule has 374 valence electrons. The lowest BCUT2D eigenvalue weighted by Gasteiger charge is -2.48. The third kappa shape index (κ3) is 8.06. The molecule has 1 aromatic carbocycles. The van der Waals surface area contributed by atoms with Crippen molar-refractivity contribution in [3.63, 3.8) is 0 Å². The number of allylic oxidation sites excluding steroid dienone is 7. The number of carbonyl (C=O) groups is 3. The lowest BCUT2D eigenvalue weighted by Crippen LogP contribution is -2.56. The first-order valence-corrected chi connectivity index (χ1v) is 26.3. The zero-order valence-corrected chi connectivity index (χ0v) is 40.6. The van der Waals surface area contributed by atoms with Crippen LogP contribution in [-0.4, -0.2) is 118 Å². The van der Waals surface area contributed by atoms with Gasteiger partial charge in [0.2, 0.25) is 11.8 Å². The zero-order chi connectivity index (χ0) is 49.0. The van der Waals surface area contributed by atoms with E-state index in [1.165, 1.54) is 31.1 Å². The van der Waals surface area contributed by atoms with Gasteiger partial charge in [-0.25, -0.2) is 8.78 Å². The van der Waals surface area contributed by atoms with Gasteiger partial charge in [-0.05, 0) is 149 Å². The molecule has 10 aliphatic rings. The van der Waals surface area contributed by atoms with E-state index < -0.39 is 35.4 Å². The van der Waals surface area contributed by atoms with Crippen molar-refractivity contribution in [3.05, 3.63) is 94.1 Å². The van der Waals surface area contributed by atoms with Gasteiger partial charge in [0.25, 0.3) is 5.91 Å². The van der Waals surface area contributed by atoms with E-state index >= 15 is 8.78 Å². The third-order valence-electron chi connectivity index (χ3n) is 18.6. The number of rotatable bonds is 9. The second-order valence-corrected chi connectivity index (χ2v) is 22.9. The maximum Gasteiger partial charge on any atom is 0.319 e. The number of fused-ring (bicyclic) bond motifs is 6. The number of aliphatic hydroxyl groups excluding tert-OH is 1. The summed E-state index contributed by atoms with van der Waals surface area (Å²) in [5.41, 5.74) is 3.69. The van der Waals surface area contributed by atoms with Gasteiger partial charge in [0.1, 0.15) is 29.0 Å². The van der Waals surface area contributed by atoms with Crippen molar-refractivity contribution >= 4 is 40.1 Å². The molecule has 1 spiro atoms. The minimum absolute atomic E-state index is 0.0230. The number of anilines is 2. The van der Waals surface area contributed by atoms with E-state index in [0.717, 1.165) is 120 Å². The summed E-state index contributed by atoms with van der Waals surface area (Å²) >= 11 is 0. The van der Waals surface area contributed by atoms with Gasteiger partial charge in [-0.3, -0.25) is 24.7 Å². The van der Waals surface area contributed by atoms with Crippen LogP contribution in [0.5, 0.6) is 6.01 Å². The number of aromatic nitrogens is 3. The van der Waals surface area contributed by atoms with Crippen LogP contribution in [0.15, 0.2) is 71.4 Å². The Bertz CT molecular complexity index is 2940. The minimum atomic E-state index is -0.873. The number of terminal acetylenes is 1. The van der Waals surface area contributed by atoms with Crippen LogP contribution in [0.3, 0.4) is 0 Å². The Morgan fingerprint density at radius 3 is 2.38 bits per heavy atom. The smallest absolute Gasteiger partial charge is 0.319 e. The summed E-state index contributed by atoms with van der Waals surface area (Å²) in [5.74, 6) is 0.842. The Balaban J connectivity index is 0.691. The SMILES string of the molecule is C#CC1=C(F)C=CC2=CC(O)=CC(c3ncc4c(N5CC6CC7CCC7CC(C5)N6)nc(OCC5(CN6CCC7(CC6)CCN(c6ccc8c(c6)CN(C6CCC(=O)NC6=O)C8=O)CC7)CC5)nc4c3F)C21. The van der Waals surface area contributed by atoms with Crippen LogP contribution in [0.4, 0.5) is 20.3 Å². The molecule has 13 rings (SSSR count). The molecule has 2 bridgehead atoms. The molecule has 0 radical (unpaired) electrons. The Hall–Kier alpha value is -6.18. The van der Waals surface area contributed by atoms with Crippen LogP contribution in [0.25, 0.3) is 10.9 Å². The van der Waals surface area contributed by atoms with Gasteiger partial charge in [0.15, 0.2) is 5.82 Å². The van der Waals surface area contributed by atoms with E-state index in [4.69, 9.17) is 26.1 Å². The van der Waals surface area contributed by atoms with Crippen LogP contribution in [0.1, 0.15) is 105 Å². The number of benzene rings is 1. The molecule has 8 heterocycles. The monoisotopic (exact) mass is 977 g/mol. The molecule has 3 amide bonds. The largest absolute Gasteiger partial charge is 0.508 e. The van der Waals surface area contributed by atoms with Crippen molar-refractivity contribution in [2.75, 3.05) is 62.2 Å². The molecule has 3 N–H and O–H groups in total. The number of aliphatic hydroxyl groups is 1. The lowest BCUT2D eigenvalue weighted by atomic mass is 9.69. The number of piperidine rings is 3. The molecule has 5 saturated heterocycles. The van der Waals surface area contributed by atoms with Crippen LogP contribution in [0.2, 0.25) is 0 Å². The highest BCUT2D eigenvalue weighted by Crippen LogP contribution is 2.50. The molecule has 2 saturated carbocycles. The Morgan fingerprint density at radius 1 is 0.917 bits per heavy atom. The lowest BCUT2D eigenvalue weighted by molar-refractivity contribution is -0.136. The van der Waals surface area contributed by atoms with Gasteiger partial charge in [-0.15, -0.1) is 6.42 Å². The Kier molecular flexibility index (Phi) is 11.1. The van der Waals surface area contributed by atoms with E-state index in [-0.39, 0.29) is 57.6 Å². The van der Waals surface area contributed by atoms with Crippen molar-refractivity contribution in [2.45, 2.75) is 108 Å². The van der Waals surface area contributed by atoms with Crippen LogP contribution >= 0.6 is 0 Å². The van der Waals surface area contributed by atoms with E-state index in [1.807, 2.05) is 12.1 Å². The molecule has 14 nitrogen and oxygen atoms in total. The second-order valence-electron chi connectivity index (χ2n) is 22.9. The first-order chi connectivity index (χ1) is 34.9. The Morgan fingerprint density at radius 2 is 1.67 bits per heavy atom. The fourth-order valence-electron chi connectivity index (χ4n) is 14.1. The molecule has 2 aromatic heterocycles. The average molecular weight is 978 g/mol. The van der Waals surface area contributed by atoms with Gasteiger partial charge in [0.05, 0.1) is 17.7 Å². The summed E-state index contributed by atoms with van der Waals surface area (Å²) in [6.45, 7) is 7.09. The minimum Gasteiger partial charge on any atom is -0.508 e. The summed E-state index contributed by atoms with van der Waals surface area (Å²) in [7, 11) is 0. The van der Waals surface area contributed by atoms with Crippen molar-refractivity contribution in [3.8, 4) is 18.4 Å². The summed E-state index contributed by atoms with van der Waals surface area (Å²) in [6.07, 6.45) is 25.2. The van der Waals surface area contributed by atoms with Crippen molar-refractivity contribution in [1.82, 2.24) is 35.4 Å². The van der Waals surface area contributed by atoms with Crippen LogP contribution in [0, 0.1) is 46.7 Å². The van der Waals surface area contributed by atoms with Crippen LogP contribution in [-0.2, 0) is 16.1 Å². The first-order valence-electron chi connectivity index (χ1n) is 26.3. The van der Waals surface area contributed by atoms with Gasteiger partial charge < -0.3 is 34.8 Å². The molecule has 7 fully saturated rings. The fraction of sp³-hybridized carbons (Fsp3) is 0.536. The Labute approximate surface area is 418 Å². The van der Waals surface area contributed by atoms with E-state index in [2.05, 4.69) is 37.3 Å². The number of amides is 3. The quantitative estimate of drug-likeness (QED) is 0.150. The van der Waals surface area contributed by atoms with Crippen molar-refractivity contribution in [2.24, 2.45) is 28.6 Å². The molecule has 3 aromatic rings. The van der Waals surface area contributed by atoms with E-state index in [9.17, 15) is 19.5 Å². The topological polar surface area (TPSA) is 156 Å². The van der Waals surface area contributed by atoms with Gasteiger partial charge in [0, 0.05) is 98.0 Å². The highest BCUT2D eigenvalue weighted by atomic mass is 19.1. The van der Waals surface area contributed by atoms with Gasteiger partial charge >= 0.3 is 6.01 Å². The highest BCUT2D eigenvalue weighted by molar-refractivity contribution is 6.05. The molecule has 4 aliphatic carbocycles. The summed E-state index contributed by atoms with van der Waals surface area (Å²) in [6, 6.07) is 6.15. The molecular weight excluding hydrogens is 917 g/mol. The number of pyridine rings is 1. The predicted molar refractivity (Wildman–Crippen MR) is 266 cm³/mol. The number of imide groups is 1. The van der Waals surface area contributed by atoms with E-state index in [0.29, 0.717) is 54.0 Å². The first kappa shape index (κ1) is 45.7. The zero-order valence-electron chi connectivity index (χ0n) is 40.6. The molecule has 16 heteroatoms. The van der Waals surface area contributed by atoms with Crippen LogP contribution < -0.4 is 25.2 Å². The summed E-state index contributed by atoms with van der Waals surface area (Å²) < 4.78 is 39.2. The number of nitrogens with zero attached hydrogens (tertiary/aromatic N) is 7. The average Bonchev–Trinajstić information content (AvgIpc) is 4.08. The number of nitrogens with one attached hydrogen (secondary N) is 2. The number of ether oxygens (including phenoxy) is 1. The van der Waals surface area contributed by atoms with Crippen molar-refractivity contribution < 1.29 is 33.0 Å². The molecule has 7 unspecified atom stereocenters. The molecular formula is C56H61F2N9O5. The maximum atomic E-state index is 17.4. The highest BCUT2D eigenvalue weighted by Gasteiger charge is 2.48. The second kappa shape index (κ2) is 17.5. The summed E-state index contributed by atoms with van der Waals surface area (Å²) in [4.78, 5) is 61.2. The predicted octanol–water partition coefficient (Wildman–Crippen LogP) is 6.94. The fourth-order valence-corrected chi connectivity index (χ4v) is 14.1. The molecule has 72 heavy (non-hydrogen) atoms. The van der Waals surface area contributed by atoms with Crippen molar-refractivity contribution in [1.29, 1.82) is 0 Å². The molecule has 6 aliphatic heterocycles. The van der Waals surface area contributed by atoms with E-state index in [1.54, 1.807) is 17.2 Å². The third-order valence-corrected chi connectivity index (χ3v) is 18.6.